The number of hydrogen-bond donors (Lipinski definition) is 1. The molecule has 0 aliphatic heterocycles. The zero-order valence-corrected chi connectivity index (χ0v) is 26.7. The van der Waals surface area contributed by atoms with Crippen LogP contribution in [0.15, 0.2) is 114 Å². The summed E-state index contributed by atoms with van der Waals surface area (Å²) in [7, 11) is -4.19. The molecular weight excluding hydrogens is 680 g/mol. The summed E-state index contributed by atoms with van der Waals surface area (Å²) in [5.74, 6) is -1.57. The van der Waals surface area contributed by atoms with E-state index in [1.54, 1.807) is 60.7 Å². The van der Waals surface area contributed by atoms with Gasteiger partial charge in [0.05, 0.1) is 10.6 Å². The molecule has 1 N–H and O–H groups in total. The van der Waals surface area contributed by atoms with Crippen molar-refractivity contribution in [3.05, 3.63) is 130 Å². The first kappa shape index (κ1) is 32.2. The van der Waals surface area contributed by atoms with Gasteiger partial charge in [-0.15, -0.1) is 0 Å². The summed E-state index contributed by atoms with van der Waals surface area (Å²) in [6.45, 7) is 1.48. The van der Waals surface area contributed by atoms with E-state index in [4.69, 9.17) is 0 Å². The number of halogens is 2. The second-order valence-electron chi connectivity index (χ2n) is 9.91. The van der Waals surface area contributed by atoms with Crippen molar-refractivity contribution >= 4 is 50.1 Å². The minimum atomic E-state index is -4.19. The van der Waals surface area contributed by atoms with Gasteiger partial charge in [0.25, 0.3) is 10.0 Å². The highest BCUT2D eigenvalue weighted by Gasteiger charge is 2.34. The van der Waals surface area contributed by atoms with Crippen molar-refractivity contribution in [2.75, 3.05) is 17.4 Å². The number of nitrogens with one attached hydrogen (secondary N) is 1. The lowest BCUT2D eigenvalue weighted by atomic mass is 10.0. The number of rotatable bonds is 13. The van der Waals surface area contributed by atoms with Crippen LogP contribution in [-0.2, 0) is 32.6 Å². The van der Waals surface area contributed by atoms with Gasteiger partial charge in [-0.25, -0.2) is 12.8 Å². The van der Waals surface area contributed by atoms with Gasteiger partial charge in [0, 0.05) is 28.6 Å². The van der Waals surface area contributed by atoms with Crippen LogP contribution < -0.4 is 9.62 Å². The number of carbonyl (C=O) groups is 2. The predicted molar refractivity (Wildman–Crippen MR) is 174 cm³/mol. The highest BCUT2D eigenvalue weighted by Crippen LogP contribution is 2.26. The van der Waals surface area contributed by atoms with E-state index < -0.39 is 40.2 Å². The van der Waals surface area contributed by atoms with E-state index in [9.17, 15) is 22.4 Å². The Hall–Kier alpha value is -3.77. The molecule has 10 heteroatoms. The molecule has 7 nitrogen and oxygen atoms in total. The summed E-state index contributed by atoms with van der Waals surface area (Å²) >= 11 is 2.12. The average molecular weight is 714 g/mol. The third kappa shape index (κ3) is 8.41. The van der Waals surface area contributed by atoms with Crippen LogP contribution in [0.25, 0.3) is 0 Å². The smallest absolute Gasteiger partial charge is 0.264 e. The maximum Gasteiger partial charge on any atom is 0.264 e. The van der Waals surface area contributed by atoms with Crippen molar-refractivity contribution in [1.82, 2.24) is 10.2 Å². The third-order valence-electron chi connectivity index (χ3n) is 6.84. The Morgan fingerprint density at radius 1 is 0.860 bits per heavy atom. The van der Waals surface area contributed by atoms with Gasteiger partial charge in [0.15, 0.2) is 0 Å². The van der Waals surface area contributed by atoms with Crippen LogP contribution in [0.3, 0.4) is 0 Å². The van der Waals surface area contributed by atoms with Crippen LogP contribution in [-0.4, -0.2) is 44.3 Å². The van der Waals surface area contributed by atoms with E-state index >= 15 is 0 Å². The number of carbonyl (C=O) groups excluding carboxylic acids is 2. The minimum Gasteiger partial charge on any atom is -0.354 e. The number of sulfonamides is 1. The monoisotopic (exact) mass is 713 g/mol. The molecule has 0 aliphatic carbocycles. The first-order valence-electron chi connectivity index (χ1n) is 13.9. The lowest BCUT2D eigenvalue weighted by Crippen LogP contribution is -2.53. The van der Waals surface area contributed by atoms with Gasteiger partial charge in [-0.2, -0.15) is 0 Å². The molecule has 0 aromatic heterocycles. The van der Waals surface area contributed by atoms with Crippen LogP contribution in [0.4, 0.5) is 10.1 Å². The summed E-state index contributed by atoms with van der Waals surface area (Å²) in [4.78, 5) is 29.2. The van der Waals surface area contributed by atoms with Gasteiger partial charge in [0.2, 0.25) is 11.8 Å². The molecule has 224 valence electrons. The minimum absolute atomic E-state index is 0.0172. The summed E-state index contributed by atoms with van der Waals surface area (Å²) in [5.41, 5.74) is 1.30. The molecule has 1 atom stereocenters. The van der Waals surface area contributed by atoms with Gasteiger partial charge in [-0.05, 0) is 77.0 Å². The molecule has 0 saturated carbocycles. The highest BCUT2D eigenvalue weighted by atomic mass is 127. The molecule has 0 spiro atoms. The third-order valence-corrected chi connectivity index (χ3v) is 9.35. The molecule has 4 aromatic rings. The van der Waals surface area contributed by atoms with Crippen LogP contribution in [0, 0.1) is 9.39 Å². The number of nitrogens with zero attached hydrogens (tertiary/aromatic N) is 2. The Labute approximate surface area is 265 Å². The topological polar surface area (TPSA) is 86.8 Å². The molecule has 4 aromatic carbocycles. The normalized spacial score (nSPS) is 11.9. The van der Waals surface area contributed by atoms with Crippen molar-refractivity contribution in [3.63, 3.8) is 0 Å². The number of benzene rings is 4. The summed E-state index contributed by atoms with van der Waals surface area (Å²) in [5, 5.41) is 2.88. The zero-order valence-electron chi connectivity index (χ0n) is 23.7. The van der Waals surface area contributed by atoms with Gasteiger partial charge in [0.1, 0.15) is 18.4 Å². The van der Waals surface area contributed by atoms with Crippen LogP contribution in [0.2, 0.25) is 0 Å². The molecular formula is C33H33FIN3O4S. The molecule has 0 fully saturated rings. The number of amides is 2. The first-order valence-corrected chi connectivity index (χ1v) is 16.4. The fourth-order valence-electron chi connectivity index (χ4n) is 4.59. The quantitative estimate of drug-likeness (QED) is 0.178. The van der Waals surface area contributed by atoms with Crippen molar-refractivity contribution in [2.24, 2.45) is 0 Å². The summed E-state index contributed by atoms with van der Waals surface area (Å²) in [6, 6.07) is 28.9. The number of anilines is 1. The largest absolute Gasteiger partial charge is 0.354 e. The van der Waals surface area contributed by atoms with Gasteiger partial charge >= 0.3 is 0 Å². The maximum absolute atomic E-state index is 14.9. The molecule has 2 amide bonds. The Bertz CT molecular complexity index is 1620. The zero-order chi connectivity index (χ0) is 30.8. The van der Waals surface area contributed by atoms with Crippen molar-refractivity contribution < 1.29 is 22.4 Å². The lowest BCUT2D eigenvalue weighted by Gasteiger charge is -2.34. The predicted octanol–water partition coefficient (Wildman–Crippen LogP) is 5.79. The van der Waals surface area contributed by atoms with Gasteiger partial charge < -0.3 is 10.2 Å². The molecule has 0 bridgehead atoms. The van der Waals surface area contributed by atoms with Crippen LogP contribution >= 0.6 is 22.6 Å². The molecule has 0 heterocycles. The van der Waals surface area contributed by atoms with Gasteiger partial charge in [-0.1, -0.05) is 73.7 Å². The Balaban J connectivity index is 1.79. The highest BCUT2D eigenvalue weighted by molar-refractivity contribution is 14.1. The fourth-order valence-corrected chi connectivity index (χ4v) is 6.38. The average Bonchev–Trinajstić information content (AvgIpc) is 3.02. The second-order valence-corrected chi connectivity index (χ2v) is 13.0. The van der Waals surface area contributed by atoms with Crippen molar-refractivity contribution in [3.8, 4) is 0 Å². The van der Waals surface area contributed by atoms with E-state index in [2.05, 4.69) is 27.9 Å². The Kier molecular flexibility index (Phi) is 11.3. The Morgan fingerprint density at radius 2 is 1.47 bits per heavy atom. The Morgan fingerprint density at radius 3 is 2.09 bits per heavy atom. The fraction of sp³-hybridized carbons (Fsp3) is 0.212. The van der Waals surface area contributed by atoms with E-state index in [0.717, 1.165) is 13.4 Å². The molecule has 0 unspecified atom stereocenters. The number of hydrogen-bond acceptors (Lipinski definition) is 4. The van der Waals surface area contributed by atoms with Crippen LogP contribution in [0.5, 0.6) is 0 Å². The van der Waals surface area contributed by atoms with E-state index in [-0.39, 0.29) is 23.4 Å². The van der Waals surface area contributed by atoms with E-state index in [0.29, 0.717) is 18.7 Å². The molecule has 43 heavy (non-hydrogen) atoms. The van der Waals surface area contributed by atoms with Crippen molar-refractivity contribution in [1.29, 1.82) is 0 Å². The van der Waals surface area contributed by atoms with Crippen molar-refractivity contribution in [2.45, 2.75) is 37.2 Å². The van der Waals surface area contributed by atoms with E-state index in [1.807, 2.05) is 37.3 Å². The lowest BCUT2D eigenvalue weighted by molar-refractivity contribution is -0.140. The molecule has 0 radical (unpaired) electrons. The SMILES string of the molecule is CCCNC(=O)[C@H](Cc1ccccc1)N(Cc1ccccc1F)C(=O)CN(c1ccc(I)cc1)S(=O)(=O)c1ccccc1. The molecule has 0 aliphatic rings. The summed E-state index contributed by atoms with van der Waals surface area (Å²) < 4.78 is 44.7. The molecule has 0 saturated heterocycles. The first-order chi connectivity index (χ1) is 20.7. The second kappa shape index (κ2) is 15.1. The van der Waals surface area contributed by atoms with Crippen LogP contribution in [0.1, 0.15) is 24.5 Å². The van der Waals surface area contributed by atoms with Gasteiger partial charge in [-0.3, -0.25) is 13.9 Å². The standard InChI is InChI=1S/C33H33FIN3O4S/c1-2-21-36-33(40)31(22-25-11-5-3-6-12-25)37(23-26-13-9-10-16-30(26)34)32(39)24-38(28-19-17-27(35)18-20-28)43(41,42)29-14-7-4-8-15-29/h3-20,31H,2,21-24H2,1H3,(H,36,40)/t31-/m0/s1. The maximum atomic E-state index is 14.9. The summed E-state index contributed by atoms with van der Waals surface area (Å²) in [6.07, 6.45) is 0.840. The van der Waals surface area contributed by atoms with E-state index in [1.165, 1.54) is 23.1 Å². The molecule has 4 rings (SSSR count).